The van der Waals surface area contributed by atoms with E-state index in [-0.39, 0.29) is 5.78 Å². The van der Waals surface area contributed by atoms with Gasteiger partial charge in [0.05, 0.1) is 10.9 Å². The van der Waals surface area contributed by atoms with Crippen molar-refractivity contribution in [3.63, 3.8) is 0 Å². The van der Waals surface area contributed by atoms with Crippen molar-refractivity contribution >= 4 is 26.6 Å². The highest BCUT2D eigenvalue weighted by Crippen LogP contribution is 2.45. The topological polar surface area (TPSA) is 52.6 Å². The van der Waals surface area contributed by atoms with Crippen LogP contribution in [0.25, 0.3) is 20.5 Å². The molecule has 5 rings (SSSR count). The predicted octanol–water partition coefficient (Wildman–Crippen LogP) is 6.72. The number of nitrogens with zero attached hydrogens (tertiary/aromatic N) is 1. The Morgan fingerprint density at radius 1 is 0.853 bits per heavy atom. The summed E-state index contributed by atoms with van der Waals surface area (Å²) >= 11 is 0. The minimum Gasteiger partial charge on any atom is -0.590 e. The van der Waals surface area contributed by atoms with Crippen molar-refractivity contribution in [2.75, 3.05) is 26.2 Å². The zero-order valence-corrected chi connectivity index (χ0v) is 20.1. The van der Waals surface area contributed by atoms with Gasteiger partial charge in [-0.2, -0.15) is 0 Å². The number of hydrogen-bond donors (Lipinski definition) is 0. The first-order valence-corrected chi connectivity index (χ1v) is 13.2. The first-order valence-electron chi connectivity index (χ1n) is 12.0. The van der Waals surface area contributed by atoms with Gasteiger partial charge in [-0.3, -0.25) is 9.69 Å². The molecular formula is C29H29NO3S. The normalized spacial score (nSPS) is 15.3. The third kappa shape index (κ3) is 4.78. The van der Waals surface area contributed by atoms with Crippen molar-refractivity contribution in [2.45, 2.75) is 25.7 Å². The zero-order chi connectivity index (χ0) is 23.3. The van der Waals surface area contributed by atoms with Crippen LogP contribution in [0.15, 0.2) is 78.9 Å². The maximum atomic E-state index is 13.5. The van der Waals surface area contributed by atoms with Crippen LogP contribution in [-0.4, -0.2) is 41.5 Å². The molecule has 1 aromatic heterocycles. The molecule has 0 bridgehead atoms. The number of ether oxygens (including phenoxy) is 1. The van der Waals surface area contributed by atoms with Crippen LogP contribution in [0.1, 0.15) is 41.6 Å². The van der Waals surface area contributed by atoms with Crippen LogP contribution in [0.5, 0.6) is 5.75 Å². The van der Waals surface area contributed by atoms with Crippen LogP contribution in [0.3, 0.4) is 0 Å². The van der Waals surface area contributed by atoms with Crippen molar-refractivity contribution < 1.29 is 14.1 Å². The number of ketones is 1. The molecule has 1 aliphatic rings. The molecule has 0 radical (unpaired) electrons. The van der Waals surface area contributed by atoms with E-state index in [1.54, 1.807) is 12.1 Å². The van der Waals surface area contributed by atoms with Gasteiger partial charge in [0.15, 0.2) is 15.4 Å². The maximum absolute atomic E-state index is 13.5. The number of rotatable bonds is 7. The lowest BCUT2D eigenvalue weighted by Crippen LogP contribution is -2.29. The summed E-state index contributed by atoms with van der Waals surface area (Å²) in [7, 11) is -1.42. The molecule has 2 heterocycles. The van der Waals surface area contributed by atoms with E-state index in [9.17, 15) is 9.35 Å². The quantitative estimate of drug-likeness (QED) is 0.222. The number of carbonyl (C=O) groups excluding carboxylic acids is 1. The Bertz CT molecular complexity index is 1260. The summed E-state index contributed by atoms with van der Waals surface area (Å²) in [6.45, 7) is 3.89. The maximum Gasteiger partial charge on any atom is 0.199 e. The molecule has 1 atom stereocenters. The second kappa shape index (κ2) is 10.5. The largest absolute Gasteiger partial charge is 0.590 e. The first-order chi connectivity index (χ1) is 16.7. The van der Waals surface area contributed by atoms with Gasteiger partial charge in [-0.05, 0) is 73.1 Å². The second-order valence-corrected chi connectivity index (χ2v) is 10.2. The molecule has 174 valence electrons. The smallest absolute Gasteiger partial charge is 0.199 e. The molecule has 0 aliphatic carbocycles. The molecule has 34 heavy (non-hydrogen) atoms. The van der Waals surface area contributed by atoms with Crippen LogP contribution in [0.4, 0.5) is 0 Å². The van der Waals surface area contributed by atoms with Crippen LogP contribution in [0, 0.1) is 0 Å². The Morgan fingerprint density at radius 3 is 2.26 bits per heavy atom. The molecule has 1 aliphatic heterocycles. The van der Waals surface area contributed by atoms with Crippen LogP contribution < -0.4 is 4.74 Å². The Balaban J connectivity index is 1.40. The fraction of sp³-hybridized carbons (Fsp3) is 0.276. The highest BCUT2D eigenvalue weighted by atomic mass is 32.2. The molecule has 1 unspecified atom stereocenters. The third-order valence-electron chi connectivity index (χ3n) is 6.52. The molecule has 4 aromatic rings. The van der Waals surface area contributed by atoms with E-state index in [4.69, 9.17) is 4.74 Å². The lowest BCUT2D eigenvalue weighted by atomic mass is 9.98. The van der Waals surface area contributed by atoms with Gasteiger partial charge in [-0.1, -0.05) is 55.3 Å². The van der Waals surface area contributed by atoms with E-state index in [0.29, 0.717) is 27.3 Å². The zero-order valence-electron chi connectivity index (χ0n) is 19.2. The highest BCUT2D eigenvalue weighted by molar-refractivity contribution is 7.35. The lowest BCUT2D eigenvalue weighted by molar-refractivity contribution is 0.104. The Kier molecular flexibility index (Phi) is 7.05. The molecule has 5 heteroatoms. The standard InChI is InChI=1S/C29H29NO3S/c31-28(22-10-4-3-5-11-22)27-25-12-6-7-13-26(25)34(32)29(27)23-14-16-24(17-15-23)33-21-20-30-18-8-1-2-9-19-30/h3-7,10-17H,1-2,8-9,18-21H2. The molecule has 4 nitrogen and oxygen atoms in total. The summed E-state index contributed by atoms with van der Waals surface area (Å²) in [5, 5.41) is 0.752. The molecule has 3 aromatic carbocycles. The van der Waals surface area contributed by atoms with Gasteiger partial charge >= 0.3 is 0 Å². The number of fused-ring (bicyclic) bond motifs is 1. The monoisotopic (exact) mass is 471 g/mol. The van der Waals surface area contributed by atoms with Crippen LogP contribution in [0.2, 0.25) is 0 Å². The van der Waals surface area contributed by atoms with Gasteiger partial charge in [-0.15, -0.1) is 0 Å². The van der Waals surface area contributed by atoms with Crippen molar-refractivity contribution in [1.29, 1.82) is 0 Å². The van der Waals surface area contributed by atoms with Gasteiger partial charge in [0.1, 0.15) is 12.4 Å². The van der Waals surface area contributed by atoms with Gasteiger partial charge in [-0.25, -0.2) is 0 Å². The van der Waals surface area contributed by atoms with E-state index in [0.717, 1.165) is 36.3 Å². The molecule has 1 fully saturated rings. The molecular weight excluding hydrogens is 442 g/mol. The third-order valence-corrected chi connectivity index (χ3v) is 8.09. The van der Waals surface area contributed by atoms with Crippen molar-refractivity contribution in [1.82, 2.24) is 4.90 Å². The average molecular weight is 472 g/mol. The minimum absolute atomic E-state index is 0.105. The number of thiophene rings is 1. The number of likely N-dealkylation sites (tertiary alicyclic amines) is 1. The fourth-order valence-corrected chi connectivity index (χ4v) is 6.26. The van der Waals surface area contributed by atoms with Gasteiger partial charge < -0.3 is 9.29 Å². The van der Waals surface area contributed by atoms with E-state index in [1.165, 1.54) is 25.7 Å². The van der Waals surface area contributed by atoms with Gasteiger partial charge in [0.2, 0.25) is 0 Å². The van der Waals surface area contributed by atoms with E-state index < -0.39 is 10.8 Å². The fourth-order valence-electron chi connectivity index (χ4n) is 4.73. The van der Waals surface area contributed by atoms with Crippen molar-refractivity contribution in [2.24, 2.45) is 0 Å². The van der Waals surface area contributed by atoms with E-state index in [1.807, 2.05) is 66.7 Å². The van der Waals surface area contributed by atoms with Crippen molar-refractivity contribution in [3.05, 3.63) is 90.0 Å². The summed E-state index contributed by atoms with van der Waals surface area (Å²) in [6.07, 6.45) is 5.20. The summed E-state index contributed by atoms with van der Waals surface area (Å²) in [5.74, 6) is 0.683. The summed E-state index contributed by atoms with van der Waals surface area (Å²) in [5.41, 5.74) is 1.90. The molecule has 0 saturated carbocycles. The SMILES string of the molecule is O=C(c1ccccc1)c1c(-c2ccc(OCCN3CCCCCC3)cc2)[s+]([O-])c2ccccc12. The van der Waals surface area contributed by atoms with E-state index in [2.05, 4.69) is 4.90 Å². The minimum atomic E-state index is -1.42. The Labute approximate surface area is 203 Å². The highest BCUT2D eigenvalue weighted by Gasteiger charge is 2.29. The summed E-state index contributed by atoms with van der Waals surface area (Å²) in [4.78, 5) is 16.6. The molecule has 0 N–H and O–H groups in total. The lowest BCUT2D eigenvalue weighted by Gasteiger charge is -2.19. The number of hydrogen-bond acceptors (Lipinski definition) is 4. The van der Waals surface area contributed by atoms with Crippen LogP contribution >= 0.6 is 10.8 Å². The van der Waals surface area contributed by atoms with Crippen LogP contribution in [-0.2, 0) is 0 Å². The first kappa shape index (κ1) is 22.8. The molecule has 1 saturated heterocycles. The molecule has 0 spiro atoms. The molecule has 0 amide bonds. The Morgan fingerprint density at radius 2 is 1.53 bits per heavy atom. The van der Waals surface area contributed by atoms with Gasteiger partial charge in [0, 0.05) is 17.7 Å². The summed E-state index contributed by atoms with van der Waals surface area (Å²) in [6, 6.07) is 24.3. The second-order valence-electron chi connectivity index (χ2n) is 8.79. The number of benzene rings is 3. The van der Waals surface area contributed by atoms with E-state index >= 15 is 0 Å². The van der Waals surface area contributed by atoms with Gasteiger partial charge in [0.25, 0.3) is 0 Å². The average Bonchev–Trinajstić information content (AvgIpc) is 3.02. The van der Waals surface area contributed by atoms with Crippen molar-refractivity contribution in [3.8, 4) is 16.2 Å². The Hall–Kier alpha value is -2.99. The summed E-state index contributed by atoms with van der Waals surface area (Å²) < 4.78 is 20.2. The number of carbonyl (C=O) groups is 1. The predicted molar refractivity (Wildman–Crippen MR) is 138 cm³/mol.